The summed E-state index contributed by atoms with van der Waals surface area (Å²) in [6.45, 7) is 0.552. The van der Waals surface area contributed by atoms with E-state index in [9.17, 15) is 14.0 Å². The highest BCUT2D eigenvalue weighted by molar-refractivity contribution is 6.32. The average Bonchev–Trinajstić information content (AvgIpc) is 2.41. The van der Waals surface area contributed by atoms with Crippen LogP contribution in [0.4, 0.5) is 4.39 Å². The number of carbonyl (C=O) groups excluding carboxylic acids is 1. The van der Waals surface area contributed by atoms with E-state index in [0.29, 0.717) is 19.4 Å². The number of carboxylic acid groups (broad SMARTS) is 1. The van der Waals surface area contributed by atoms with Gasteiger partial charge in [0, 0.05) is 13.1 Å². The van der Waals surface area contributed by atoms with Gasteiger partial charge in [0.05, 0.1) is 17.7 Å². The van der Waals surface area contributed by atoms with E-state index < -0.39 is 23.6 Å². The molecule has 0 aromatic carbocycles. The van der Waals surface area contributed by atoms with E-state index >= 15 is 0 Å². The molecule has 1 saturated heterocycles. The summed E-state index contributed by atoms with van der Waals surface area (Å²) in [5.41, 5.74) is -0.0345. The summed E-state index contributed by atoms with van der Waals surface area (Å²) >= 11 is 5.77. The minimum absolute atomic E-state index is 0.0345. The lowest BCUT2D eigenvalue weighted by Gasteiger charge is -2.30. The monoisotopic (exact) mass is 286 g/mol. The first-order valence-electron chi connectivity index (χ1n) is 5.82. The maximum absolute atomic E-state index is 13.1. The summed E-state index contributed by atoms with van der Waals surface area (Å²) in [5, 5.41) is 8.89. The standard InChI is InChI=1S/C12H12ClFN2O3/c13-10-9(4-8(14)5-15-10)11(17)16-3-1-2-7(6-16)12(18)19/h4-5,7H,1-3,6H2,(H,18,19)/t7-/m1/s1. The van der Waals surface area contributed by atoms with Crippen molar-refractivity contribution in [2.24, 2.45) is 5.92 Å². The number of halogens is 2. The molecular weight excluding hydrogens is 275 g/mol. The molecule has 2 heterocycles. The summed E-state index contributed by atoms with van der Waals surface area (Å²) in [7, 11) is 0. The van der Waals surface area contributed by atoms with Crippen molar-refractivity contribution < 1.29 is 19.1 Å². The van der Waals surface area contributed by atoms with Gasteiger partial charge in [-0.2, -0.15) is 0 Å². The highest BCUT2D eigenvalue weighted by Gasteiger charge is 2.29. The zero-order valence-corrected chi connectivity index (χ0v) is 10.7. The summed E-state index contributed by atoms with van der Waals surface area (Å²) in [4.78, 5) is 28.1. The highest BCUT2D eigenvalue weighted by atomic mass is 35.5. The van der Waals surface area contributed by atoms with Gasteiger partial charge in [-0.3, -0.25) is 9.59 Å². The fraction of sp³-hybridized carbons (Fsp3) is 0.417. The molecule has 1 aliphatic rings. The minimum atomic E-state index is -0.930. The summed E-state index contributed by atoms with van der Waals surface area (Å²) < 4.78 is 13.1. The van der Waals surface area contributed by atoms with E-state index in [4.69, 9.17) is 16.7 Å². The number of carbonyl (C=O) groups is 2. The molecule has 2 rings (SSSR count). The lowest BCUT2D eigenvalue weighted by atomic mass is 9.98. The van der Waals surface area contributed by atoms with Crippen LogP contribution in [0, 0.1) is 11.7 Å². The lowest BCUT2D eigenvalue weighted by molar-refractivity contribution is -0.143. The van der Waals surface area contributed by atoms with Crippen LogP contribution < -0.4 is 0 Å². The Labute approximate surface area is 114 Å². The van der Waals surface area contributed by atoms with Crippen LogP contribution >= 0.6 is 11.6 Å². The Hall–Kier alpha value is -1.69. The van der Waals surface area contributed by atoms with E-state index in [1.807, 2.05) is 0 Å². The van der Waals surface area contributed by atoms with Gasteiger partial charge in [-0.1, -0.05) is 11.6 Å². The Morgan fingerprint density at radius 3 is 2.95 bits per heavy atom. The second-order valence-corrected chi connectivity index (χ2v) is 4.78. The molecule has 0 saturated carbocycles. The van der Waals surface area contributed by atoms with Crippen LogP contribution in [0.3, 0.4) is 0 Å². The molecule has 0 unspecified atom stereocenters. The largest absolute Gasteiger partial charge is 0.481 e. The number of amides is 1. The number of nitrogens with zero attached hydrogens (tertiary/aromatic N) is 2. The van der Waals surface area contributed by atoms with Crippen LogP contribution in [-0.2, 0) is 4.79 Å². The van der Waals surface area contributed by atoms with Crippen LogP contribution in [0.25, 0.3) is 0 Å². The van der Waals surface area contributed by atoms with Gasteiger partial charge in [0.25, 0.3) is 5.91 Å². The van der Waals surface area contributed by atoms with Crippen LogP contribution in [0.2, 0.25) is 5.15 Å². The molecule has 7 heteroatoms. The molecule has 1 fully saturated rings. The van der Waals surface area contributed by atoms with Crippen molar-refractivity contribution in [3.05, 3.63) is 28.8 Å². The second-order valence-electron chi connectivity index (χ2n) is 4.42. The molecule has 0 spiro atoms. The van der Waals surface area contributed by atoms with Gasteiger partial charge in [-0.15, -0.1) is 0 Å². The number of likely N-dealkylation sites (tertiary alicyclic amines) is 1. The molecule has 1 aromatic heterocycles. The van der Waals surface area contributed by atoms with Crippen molar-refractivity contribution in [2.45, 2.75) is 12.8 Å². The second kappa shape index (κ2) is 5.52. The molecule has 102 valence electrons. The summed E-state index contributed by atoms with van der Waals surface area (Å²) in [6, 6.07) is 1.02. The molecule has 0 bridgehead atoms. The molecule has 0 radical (unpaired) electrons. The molecule has 1 N–H and O–H groups in total. The zero-order valence-electron chi connectivity index (χ0n) is 9.97. The number of carboxylic acids is 1. The normalized spacial score (nSPS) is 19.3. The average molecular weight is 287 g/mol. The van der Waals surface area contributed by atoms with Gasteiger partial charge in [0.1, 0.15) is 11.0 Å². The van der Waals surface area contributed by atoms with Crippen molar-refractivity contribution in [1.29, 1.82) is 0 Å². The van der Waals surface area contributed by atoms with Gasteiger partial charge in [-0.05, 0) is 18.9 Å². The van der Waals surface area contributed by atoms with Crippen molar-refractivity contribution in [3.8, 4) is 0 Å². The first-order chi connectivity index (χ1) is 8.99. The van der Waals surface area contributed by atoms with Crippen molar-refractivity contribution in [1.82, 2.24) is 9.88 Å². The number of hydrogen-bond acceptors (Lipinski definition) is 3. The Kier molecular flexibility index (Phi) is 3.99. The lowest BCUT2D eigenvalue weighted by Crippen LogP contribution is -2.42. The molecule has 1 amide bonds. The Bertz CT molecular complexity index is 524. The number of aliphatic carboxylic acids is 1. The topological polar surface area (TPSA) is 70.5 Å². The molecule has 5 nitrogen and oxygen atoms in total. The number of rotatable bonds is 2. The SMILES string of the molecule is O=C(O)[C@@H]1CCCN(C(=O)c2cc(F)cnc2Cl)C1. The Morgan fingerprint density at radius 1 is 1.53 bits per heavy atom. The van der Waals surface area contributed by atoms with Gasteiger partial charge in [0.15, 0.2) is 0 Å². The zero-order chi connectivity index (χ0) is 14.0. The quantitative estimate of drug-likeness (QED) is 0.842. The van der Waals surface area contributed by atoms with E-state index in [1.54, 1.807) is 0 Å². The fourth-order valence-electron chi connectivity index (χ4n) is 2.11. The third kappa shape index (κ3) is 3.01. The Morgan fingerprint density at radius 2 is 2.26 bits per heavy atom. The maximum atomic E-state index is 13.1. The van der Waals surface area contributed by atoms with Gasteiger partial charge in [0.2, 0.25) is 0 Å². The molecule has 1 aromatic rings. The number of aromatic nitrogens is 1. The first-order valence-corrected chi connectivity index (χ1v) is 6.20. The van der Waals surface area contributed by atoms with Crippen molar-refractivity contribution in [2.75, 3.05) is 13.1 Å². The summed E-state index contributed by atoms with van der Waals surface area (Å²) in [5.74, 6) is -2.65. The van der Waals surface area contributed by atoms with E-state index in [2.05, 4.69) is 4.98 Å². The van der Waals surface area contributed by atoms with Crippen LogP contribution in [-0.4, -0.2) is 40.0 Å². The minimum Gasteiger partial charge on any atom is -0.481 e. The van der Waals surface area contributed by atoms with Crippen molar-refractivity contribution >= 4 is 23.5 Å². The van der Waals surface area contributed by atoms with Gasteiger partial charge >= 0.3 is 5.97 Å². The van der Waals surface area contributed by atoms with E-state index in [0.717, 1.165) is 12.3 Å². The molecule has 1 aliphatic heterocycles. The Balaban J connectivity index is 2.19. The highest BCUT2D eigenvalue weighted by Crippen LogP contribution is 2.21. The van der Waals surface area contributed by atoms with Crippen LogP contribution in [0.1, 0.15) is 23.2 Å². The number of pyridine rings is 1. The van der Waals surface area contributed by atoms with E-state index in [-0.39, 0.29) is 17.3 Å². The van der Waals surface area contributed by atoms with E-state index in [1.165, 1.54) is 4.90 Å². The third-order valence-corrected chi connectivity index (χ3v) is 3.40. The molecule has 19 heavy (non-hydrogen) atoms. The van der Waals surface area contributed by atoms with Gasteiger partial charge in [-0.25, -0.2) is 9.37 Å². The molecular formula is C12H12ClFN2O3. The third-order valence-electron chi connectivity index (χ3n) is 3.09. The van der Waals surface area contributed by atoms with Crippen LogP contribution in [0.5, 0.6) is 0 Å². The first kappa shape index (κ1) is 13.7. The van der Waals surface area contributed by atoms with Gasteiger partial charge < -0.3 is 10.0 Å². The molecule has 0 aliphatic carbocycles. The predicted molar refractivity (Wildman–Crippen MR) is 65.5 cm³/mol. The number of piperidine rings is 1. The summed E-state index contributed by atoms with van der Waals surface area (Å²) in [6.07, 6.45) is 2.06. The van der Waals surface area contributed by atoms with Crippen LogP contribution in [0.15, 0.2) is 12.3 Å². The predicted octanol–water partition coefficient (Wildman–Crippen LogP) is 1.81. The van der Waals surface area contributed by atoms with Crippen molar-refractivity contribution in [3.63, 3.8) is 0 Å². The molecule has 1 atom stereocenters. The number of hydrogen-bond donors (Lipinski definition) is 1. The smallest absolute Gasteiger partial charge is 0.308 e. The maximum Gasteiger partial charge on any atom is 0.308 e. The fourth-order valence-corrected chi connectivity index (χ4v) is 2.29.